The second kappa shape index (κ2) is 5.10. The summed E-state index contributed by atoms with van der Waals surface area (Å²) in [6, 6.07) is -0.145. The van der Waals surface area contributed by atoms with E-state index in [4.69, 9.17) is 15.2 Å². The standard InChI is InChI=1S/C13H21N3O2/c1-13(6-4-5-7-13)11(14)10-12(18-3)16-9(17-2)8-15-10/h8,11H,4-7,14H2,1-3H3. The molecule has 0 saturated heterocycles. The number of nitrogens with zero attached hydrogens (tertiary/aromatic N) is 2. The first-order valence-corrected chi connectivity index (χ1v) is 6.31. The van der Waals surface area contributed by atoms with Gasteiger partial charge in [0.25, 0.3) is 0 Å². The summed E-state index contributed by atoms with van der Waals surface area (Å²) in [6.45, 7) is 2.22. The smallest absolute Gasteiger partial charge is 0.240 e. The lowest BCUT2D eigenvalue weighted by molar-refractivity contribution is 0.250. The van der Waals surface area contributed by atoms with E-state index in [2.05, 4.69) is 16.9 Å². The molecule has 5 heteroatoms. The Bertz CT molecular complexity index is 417. The van der Waals surface area contributed by atoms with Crippen LogP contribution in [0, 0.1) is 5.41 Å². The molecule has 0 bridgehead atoms. The maximum atomic E-state index is 6.38. The largest absolute Gasteiger partial charge is 0.480 e. The van der Waals surface area contributed by atoms with Crippen LogP contribution in [0.1, 0.15) is 44.3 Å². The Labute approximate surface area is 108 Å². The molecule has 1 aliphatic rings. The molecule has 0 radical (unpaired) electrons. The summed E-state index contributed by atoms with van der Waals surface area (Å²) in [4.78, 5) is 8.62. The number of rotatable bonds is 4. The number of hydrogen-bond acceptors (Lipinski definition) is 5. The van der Waals surface area contributed by atoms with E-state index >= 15 is 0 Å². The lowest BCUT2D eigenvalue weighted by Crippen LogP contribution is -2.30. The molecule has 1 unspecified atom stereocenters. The van der Waals surface area contributed by atoms with Gasteiger partial charge in [-0.25, -0.2) is 4.98 Å². The third-order valence-electron chi connectivity index (χ3n) is 3.94. The highest BCUT2D eigenvalue weighted by Gasteiger charge is 2.38. The number of nitrogens with two attached hydrogens (primary N) is 1. The van der Waals surface area contributed by atoms with E-state index in [1.807, 2.05) is 0 Å². The Morgan fingerprint density at radius 1 is 1.28 bits per heavy atom. The Hall–Kier alpha value is -1.36. The minimum Gasteiger partial charge on any atom is -0.480 e. The van der Waals surface area contributed by atoms with Crippen molar-refractivity contribution in [3.63, 3.8) is 0 Å². The Kier molecular flexibility index (Phi) is 3.71. The third kappa shape index (κ3) is 2.27. The van der Waals surface area contributed by atoms with E-state index in [0.29, 0.717) is 11.8 Å². The van der Waals surface area contributed by atoms with Crippen molar-refractivity contribution >= 4 is 0 Å². The summed E-state index contributed by atoms with van der Waals surface area (Å²) >= 11 is 0. The highest BCUT2D eigenvalue weighted by atomic mass is 16.5. The van der Waals surface area contributed by atoms with Crippen molar-refractivity contribution < 1.29 is 9.47 Å². The molecule has 2 rings (SSSR count). The van der Waals surface area contributed by atoms with E-state index in [9.17, 15) is 0 Å². The molecular formula is C13H21N3O2. The van der Waals surface area contributed by atoms with E-state index in [1.54, 1.807) is 20.4 Å². The minimum atomic E-state index is -0.145. The van der Waals surface area contributed by atoms with Gasteiger partial charge in [-0.1, -0.05) is 19.8 Å². The third-order valence-corrected chi connectivity index (χ3v) is 3.94. The zero-order valence-corrected chi connectivity index (χ0v) is 11.3. The first kappa shape index (κ1) is 13.1. The molecule has 0 spiro atoms. The first-order chi connectivity index (χ1) is 8.60. The number of aromatic nitrogens is 2. The van der Waals surface area contributed by atoms with Gasteiger partial charge in [0.2, 0.25) is 11.8 Å². The molecular weight excluding hydrogens is 230 g/mol. The highest BCUT2D eigenvalue weighted by Crippen LogP contribution is 2.46. The van der Waals surface area contributed by atoms with Gasteiger partial charge in [0.15, 0.2) is 0 Å². The fourth-order valence-corrected chi connectivity index (χ4v) is 2.65. The molecule has 2 N–H and O–H groups in total. The maximum absolute atomic E-state index is 6.38. The summed E-state index contributed by atoms with van der Waals surface area (Å²) in [5, 5.41) is 0. The van der Waals surface area contributed by atoms with Gasteiger partial charge < -0.3 is 15.2 Å². The van der Waals surface area contributed by atoms with Crippen molar-refractivity contribution in [1.29, 1.82) is 0 Å². The van der Waals surface area contributed by atoms with Gasteiger partial charge in [-0.05, 0) is 18.3 Å². The normalized spacial score (nSPS) is 19.6. The lowest BCUT2D eigenvalue weighted by Gasteiger charge is -2.31. The van der Waals surface area contributed by atoms with E-state index < -0.39 is 0 Å². The van der Waals surface area contributed by atoms with Gasteiger partial charge in [0, 0.05) is 0 Å². The highest BCUT2D eigenvalue weighted by molar-refractivity contribution is 5.27. The first-order valence-electron chi connectivity index (χ1n) is 6.31. The van der Waals surface area contributed by atoms with Crippen molar-refractivity contribution in [1.82, 2.24) is 9.97 Å². The van der Waals surface area contributed by atoms with Crippen LogP contribution in [0.3, 0.4) is 0 Å². The van der Waals surface area contributed by atoms with Crippen LogP contribution >= 0.6 is 0 Å². The fraction of sp³-hybridized carbons (Fsp3) is 0.692. The van der Waals surface area contributed by atoms with Crippen molar-refractivity contribution in [2.45, 2.75) is 38.6 Å². The summed E-state index contributed by atoms with van der Waals surface area (Å²) in [5.41, 5.74) is 7.20. The van der Waals surface area contributed by atoms with Crippen molar-refractivity contribution in [2.24, 2.45) is 11.1 Å². The lowest BCUT2D eigenvalue weighted by atomic mass is 9.79. The van der Waals surface area contributed by atoms with Gasteiger partial charge >= 0.3 is 0 Å². The molecule has 0 aromatic carbocycles. The quantitative estimate of drug-likeness (QED) is 0.887. The molecule has 100 valence electrons. The molecule has 1 aliphatic carbocycles. The molecule has 1 heterocycles. The molecule has 1 fully saturated rings. The van der Waals surface area contributed by atoms with Crippen molar-refractivity contribution in [3.05, 3.63) is 11.9 Å². The Morgan fingerprint density at radius 2 is 1.94 bits per heavy atom. The van der Waals surface area contributed by atoms with Gasteiger partial charge in [0.1, 0.15) is 5.69 Å². The SMILES string of the molecule is COc1cnc(C(N)C2(C)CCCC2)c(OC)n1. The van der Waals surface area contributed by atoms with Crippen molar-refractivity contribution in [2.75, 3.05) is 14.2 Å². The van der Waals surface area contributed by atoms with E-state index in [1.165, 1.54) is 12.8 Å². The molecule has 1 aromatic rings. The molecule has 0 aliphatic heterocycles. The number of ether oxygens (including phenoxy) is 2. The molecule has 18 heavy (non-hydrogen) atoms. The van der Waals surface area contributed by atoms with Crippen LogP contribution in [0.25, 0.3) is 0 Å². The van der Waals surface area contributed by atoms with Crippen LogP contribution in [-0.4, -0.2) is 24.2 Å². The molecule has 5 nitrogen and oxygen atoms in total. The van der Waals surface area contributed by atoms with Crippen LogP contribution in [-0.2, 0) is 0 Å². The van der Waals surface area contributed by atoms with E-state index in [-0.39, 0.29) is 11.5 Å². The van der Waals surface area contributed by atoms with Crippen molar-refractivity contribution in [3.8, 4) is 11.8 Å². The van der Waals surface area contributed by atoms with Crippen LogP contribution in [0.2, 0.25) is 0 Å². The molecule has 1 atom stereocenters. The predicted molar refractivity (Wildman–Crippen MR) is 68.6 cm³/mol. The van der Waals surface area contributed by atoms with E-state index in [0.717, 1.165) is 18.5 Å². The number of hydrogen-bond donors (Lipinski definition) is 1. The molecule has 0 amide bonds. The van der Waals surface area contributed by atoms with Crippen LogP contribution < -0.4 is 15.2 Å². The average Bonchev–Trinajstić information content (AvgIpc) is 2.85. The second-order valence-electron chi connectivity index (χ2n) is 5.15. The van der Waals surface area contributed by atoms with Gasteiger partial charge in [-0.15, -0.1) is 0 Å². The Morgan fingerprint density at radius 3 is 2.50 bits per heavy atom. The van der Waals surface area contributed by atoms with Gasteiger partial charge in [-0.2, -0.15) is 4.98 Å². The summed E-state index contributed by atoms with van der Waals surface area (Å²) in [6.07, 6.45) is 6.32. The average molecular weight is 251 g/mol. The number of methoxy groups -OCH3 is 2. The van der Waals surface area contributed by atoms with Crippen LogP contribution in [0.15, 0.2) is 6.20 Å². The monoisotopic (exact) mass is 251 g/mol. The predicted octanol–water partition coefficient (Wildman–Crippen LogP) is 2.07. The maximum Gasteiger partial charge on any atom is 0.240 e. The molecule has 1 saturated carbocycles. The summed E-state index contributed by atoms with van der Waals surface area (Å²) < 4.78 is 10.3. The molecule has 1 aromatic heterocycles. The summed E-state index contributed by atoms with van der Waals surface area (Å²) in [7, 11) is 3.14. The zero-order valence-electron chi connectivity index (χ0n) is 11.3. The Balaban J connectivity index is 2.32. The van der Waals surface area contributed by atoms with Crippen LogP contribution in [0.4, 0.5) is 0 Å². The van der Waals surface area contributed by atoms with Gasteiger partial charge in [-0.3, -0.25) is 0 Å². The summed E-state index contributed by atoms with van der Waals surface area (Å²) in [5.74, 6) is 0.911. The fourth-order valence-electron chi connectivity index (χ4n) is 2.65. The van der Waals surface area contributed by atoms with Gasteiger partial charge in [0.05, 0.1) is 26.5 Å². The zero-order chi connectivity index (χ0) is 13.2. The minimum absolute atomic E-state index is 0.0938. The topological polar surface area (TPSA) is 70.3 Å². The van der Waals surface area contributed by atoms with Crippen LogP contribution in [0.5, 0.6) is 11.8 Å². The second-order valence-corrected chi connectivity index (χ2v) is 5.15.